The van der Waals surface area contributed by atoms with E-state index >= 15 is 0 Å². The Hall–Kier alpha value is -1.09. The van der Waals surface area contributed by atoms with Crippen LogP contribution >= 0.6 is 0 Å². The first kappa shape index (κ1) is 22.9. The highest BCUT2D eigenvalue weighted by Crippen LogP contribution is 2.08. The van der Waals surface area contributed by atoms with Crippen LogP contribution in [-0.2, 0) is 9.53 Å². The van der Waals surface area contributed by atoms with E-state index < -0.39 is 12.1 Å². The third kappa shape index (κ3) is 17.3. The maximum Gasteiger partial charge on any atom is 0.334 e. The molecule has 0 spiro atoms. The lowest BCUT2D eigenvalue weighted by molar-refractivity contribution is -0.152. The highest BCUT2D eigenvalue weighted by atomic mass is 16.5. The Morgan fingerprint density at radius 3 is 2.00 bits per heavy atom. The summed E-state index contributed by atoms with van der Waals surface area (Å²) in [7, 11) is 0. The smallest absolute Gasteiger partial charge is 0.334 e. The fourth-order valence-electron chi connectivity index (χ4n) is 2.38. The summed E-state index contributed by atoms with van der Waals surface area (Å²) in [6, 6.07) is 0. The van der Waals surface area contributed by atoms with E-state index in [0.717, 1.165) is 19.3 Å². The molecule has 0 heterocycles. The number of carbonyl (C=O) groups is 1. The average molecular weight is 339 g/mol. The molecule has 0 aromatic rings. The second kappa shape index (κ2) is 18.3. The zero-order valence-electron chi connectivity index (χ0n) is 15.8. The summed E-state index contributed by atoms with van der Waals surface area (Å²) in [5, 5.41) is 8.97. The maximum absolute atomic E-state index is 11.0. The van der Waals surface area contributed by atoms with Crippen LogP contribution in [0.3, 0.4) is 0 Å². The first-order valence-corrected chi connectivity index (χ1v) is 9.83. The van der Waals surface area contributed by atoms with Gasteiger partial charge in [-0.1, -0.05) is 69.8 Å². The molecule has 3 heteroatoms. The molecule has 24 heavy (non-hydrogen) atoms. The molecule has 1 unspecified atom stereocenters. The fourth-order valence-corrected chi connectivity index (χ4v) is 2.38. The molecular formula is C21H38O3. The van der Waals surface area contributed by atoms with Gasteiger partial charge in [0.05, 0.1) is 6.61 Å². The monoisotopic (exact) mass is 338 g/mol. The van der Waals surface area contributed by atoms with Crippen molar-refractivity contribution in [3.63, 3.8) is 0 Å². The van der Waals surface area contributed by atoms with Crippen molar-refractivity contribution >= 4 is 5.97 Å². The van der Waals surface area contributed by atoms with E-state index in [4.69, 9.17) is 9.84 Å². The first-order valence-electron chi connectivity index (χ1n) is 9.83. The molecular weight excluding hydrogens is 300 g/mol. The van der Waals surface area contributed by atoms with E-state index in [9.17, 15) is 4.79 Å². The topological polar surface area (TPSA) is 46.5 Å². The summed E-state index contributed by atoms with van der Waals surface area (Å²) in [6.07, 6.45) is 22.5. The van der Waals surface area contributed by atoms with Gasteiger partial charge in [0.25, 0.3) is 0 Å². The summed E-state index contributed by atoms with van der Waals surface area (Å²) in [6.45, 7) is 4.10. The van der Waals surface area contributed by atoms with Gasteiger partial charge in [-0.25, -0.2) is 4.79 Å². The summed E-state index contributed by atoms with van der Waals surface area (Å²) < 4.78 is 4.92. The van der Waals surface area contributed by atoms with E-state index in [-0.39, 0.29) is 0 Å². The molecule has 0 saturated heterocycles. The second-order valence-electron chi connectivity index (χ2n) is 6.43. The van der Waals surface area contributed by atoms with Gasteiger partial charge >= 0.3 is 5.97 Å². The number of allylic oxidation sites excluding steroid dienone is 4. The number of esters is 1. The molecule has 1 atom stereocenters. The largest absolute Gasteiger partial charge is 0.464 e. The van der Waals surface area contributed by atoms with Crippen LogP contribution < -0.4 is 0 Å². The van der Waals surface area contributed by atoms with Gasteiger partial charge in [0.15, 0.2) is 0 Å². The third-order valence-electron chi connectivity index (χ3n) is 3.93. The highest BCUT2D eigenvalue weighted by Gasteiger charge is 2.08. The molecule has 1 N–H and O–H groups in total. The average Bonchev–Trinajstić information content (AvgIpc) is 2.57. The molecule has 0 radical (unpaired) electrons. The van der Waals surface area contributed by atoms with Crippen LogP contribution in [-0.4, -0.2) is 23.8 Å². The number of unbranched alkanes of at least 4 members (excludes halogenated alkanes) is 9. The Labute approximate surface area is 149 Å². The molecule has 0 aliphatic heterocycles. The van der Waals surface area contributed by atoms with Gasteiger partial charge in [-0.05, 0) is 45.4 Å². The van der Waals surface area contributed by atoms with Crippen molar-refractivity contribution in [2.45, 2.75) is 97.0 Å². The standard InChI is InChI=1S/C21H38O3/c1-3-4-5-6-7-8-9-10-11-12-13-14-15-16-17-18-19-24-21(23)20(2)22/h7-8,10-11,20,22H,3-6,9,12-19H2,1-2H3. The second-order valence-corrected chi connectivity index (χ2v) is 6.43. The summed E-state index contributed by atoms with van der Waals surface area (Å²) >= 11 is 0. The van der Waals surface area contributed by atoms with Crippen LogP contribution in [0.1, 0.15) is 90.9 Å². The van der Waals surface area contributed by atoms with Gasteiger partial charge in [0, 0.05) is 0 Å². The number of rotatable bonds is 16. The Morgan fingerprint density at radius 1 is 0.875 bits per heavy atom. The predicted octanol–water partition coefficient (Wildman–Crippen LogP) is 5.72. The Morgan fingerprint density at radius 2 is 1.42 bits per heavy atom. The number of ether oxygens (including phenoxy) is 1. The molecule has 0 aromatic heterocycles. The summed E-state index contributed by atoms with van der Waals surface area (Å²) in [5.41, 5.74) is 0. The van der Waals surface area contributed by atoms with E-state index in [1.807, 2.05) is 0 Å². The van der Waals surface area contributed by atoms with E-state index in [2.05, 4.69) is 31.2 Å². The minimum Gasteiger partial charge on any atom is -0.464 e. The van der Waals surface area contributed by atoms with Crippen LogP contribution in [0, 0.1) is 0 Å². The van der Waals surface area contributed by atoms with E-state index in [1.54, 1.807) is 0 Å². The minimum atomic E-state index is -1.00. The van der Waals surface area contributed by atoms with Gasteiger partial charge in [0.2, 0.25) is 0 Å². The van der Waals surface area contributed by atoms with Gasteiger partial charge in [0.1, 0.15) is 6.10 Å². The molecule has 0 aliphatic carbocycles. The lowest BCUT2D eigenvalue weighted by Crippen LogP contribution is -2.19. The molecule has 0 bridgehead atoms. The zero-order valence-corrected chi connectivity index (χ0v) is 15.8. The third-order valence-corrected chi connectivity index (χ3v) is 3.93. The van der Waals surface area contributed by atoms with Crippen molar-refractivity contribution in [1.82, 2.24) is 0 Å². The lowest BCUT2D eigenvalue weighted by Gasteiger charge is -2.06. The zero-order chi connectivity index (χ0) is 17.9. The number of carbonyl (C=O) groups excluding carboxylic acids is 1. The van der Waals surface area contributed by atoms with Crippen LogP contribution in [0.5, 0.6) is 0 Å². The van der Waals surface area contributed by atoms with Crippen LogP contribution in [0.15, 0.2) is 24.3 Å². The van der Waals surface area contributed by atoms with Crippen molar-refractivity contribution in [2.75, 3.05) is 6.61 Å². The van der Waals surface area contributed by atoms with Crippen molar-refractivity contribution in [2.24, 2.45) is 0 Å². The molecule has 0 fully saturated rings. The normalized spacial score (nSPS) is 13.0. The van der Waals surface area contributed by atoms with Crippen LogP contribution in [0.25, 0.3) is 0 Å². The van der Waals surface area contributed by atoms with E-state index in [0.29, 0.717) is 6.61 Å². The quantitative estimate of drug-likeness (QED) is 0.222. The number of hydrogen-bond acceptors (Lipinski definition) is 3. The van der Waals surface area contributed by atoms with Crippen molar-refractivity contribution < 1.29 is 14.6 Å². The van der Waals surface area contributed by atoms with Crippen LogP contribution in [0.4, 0.5) is 0 Å². The SMILES string of the molecule is CCCCCC=CCC=CCCCCCCCCOC(=O)C(C)O. The molecule has 3 nitrogen and oxygen atoms in total. The summed E-state index contributed by atoms with van der Waals surface area (Å²) in [4.78, 5) is 11.0. The van der Waals surface area contributed by atoms with Gasteiger partial charge in [-0.15, -0.1) is 0 Å². The van der Waals surface area contributed by atoms with Gasteiger partial charge < -0.3 is 9.84 Å². The Kier molecular flexibility index (Phi) is 17.4. The Balaban J connectivity index is 3.22. The van der Waals surface area contributed by atoms with Crippen molar-refractivity contribution in [1.29, 1.82) is 0 Å². The van der Waals surface area contributed by atoms with Crippen molar-refractivity contribution in [3.05, 3.63) is 24.3 Å². The highest BCUT2D eigenvalue weighted by molar-refractivity contribution is 5.73. The molecule has 0 aliphatic rings. The van der Waals surface area contributed by atoms with Crippen LogP contribution in [0.2, 0.25) is 0 Å². The summed E-state index contributed by atoms with van der Waals surface area (Å²) in [5.74, 6) is -0.516. The fraction of sp³-hybridized carbons (Fsp3) is 0.762. The number of aliphatic hydroxyl groups excluding tert-OH is 1. The molecule has 0 rings (SSSR count). The van der Waals surface area contributed by atoms with E-state index in [1.165, 1.54) is 64.7 Å². The molecule has 140 valence electrons. The number of hydrogen-bond donors (Lipinski definition) is 1. The predicted molar refractivity (Wildman–Crippen MR) is 102 cm³/mol. The van der Waals surface area contributed by atoms with Gasteiger partial charge in [-0.3, -0.25) is 0 Å². The van der Waals surface area contributed by atoms with Crippen molar-refractivity contribution in [3.8, 4) is 0 Å². The van der Waals surface area contributed by atoms with Gasteiger partial charge in [-0.2, -0.15) is 0 Å². The molecule has 0 aromatic carbocycles. The maximum atomic E-state index is 11.0. The Bertz CT molecular complexity index is 332. The number of aliphatic hydroxyl groups is 1. The first-order chi connectivity index (χ1) is 11.7. The molecule has 0 saturated carbocycles. The molecule has 0 amide bonds. The lowest BCUT2D eigenvalue weighted by atomic mass is 10.1. The minimum absolute atomic E-state index is 0.429.